The van der Waals surface area contributed by atoms with Gasteiger partial charge in [-0.2, -0.15) is 0 Å². The van der Waals surface area contributed by atoms with Crippen LogP contribution >= 0.6 is 0 Å². The van der Waals surface area contributed by atoms with E-state index in [9.17, 15) is 19.8 Å². The smallest absolute Gasteiger partial charge is 0.870 e. The molecule has 0 amide bonds. The summed E-state index contributed by atoms with van der Waals surface area (Å²) >= 11 is 1.64. The summed E-state index contributed by atoms with van der Waals surface area (Å²) in [6.45, 7) is 4.48. The van der Waals surface area contributed by atoms with Gasteiger partial charge < -0.3 is 25.3 Å². The second-order valence-electron chi connectivity index (χ2n) is 3.83. The van der Waals surface area contributed by atoms with Crippen LogP contribution in [0.25, 0.3) is 0 Å². The van der Waals surface area contributed by atoms with Gasteiger partial charge in [-0.05, 0) is 41.8 Å². The average molecular weight is 325 g/mol. The van der Waals surface area contributed by atoms with Gasteiger partial charge in [0.2, 0.25) is 0 Å². The molecule has 21 heavy (non-hydrogen) atoms. The van der Waals surface area contributed by atoms with Gasteiger partial charge in [-0.15, -0.1) is 0 Å². The summed E-state index contributed by atoms with van der Waals surface area (Å²) < 4.78 is 0. The molecular weight excluding hydrogens is 305 g/mol. The van der Waals surface area contributed by atoms with E-state index < -0.39 is 11.9 Å². The van der Waals surface area contributed by atoms with Crippen molar-refractivity contribution in [1.29, 1.82) is 0 Å². The molecule has 0 aliphatic rings. The maximum atomic E-state index is 10.3. The molecular formula is C14H20MgO5S. The molecule has 0 spiro atoms. The van der Waals surface area contributed by atoms with Crippen LogP contribution in [0.3, 0.4) is 0 Å². The van der Waals surface area contributed by atoms with Gasteiger partial charge in [0.15, 0.2) is 0 Å². The zero-order chi connectivity index (χ0) is 14.7. The Bertz CT molecular complexity index is 379. The number of carbonyl (C=O) groups is 2. The van der Waals surface area contributed by atoms with Crippen LogP contribution in [0, 0.1) is 0 Å². The molecule has 1 N–H and O–H groups in total. The van der Waals surface area contributed by atoms with E-state index in [1.165, 1.54) is 42.5 Å². The molecule has 0 atom stereocenters. The maximum absolute atomic E-state index is 10.3. The molecule has 0 radical (unpaired) electrons. The molecule has 0 saturated carbocycles. The molecule has 0 heterocycles. The zero-order valence-electron chi connectivity index (χ0n) is 12.4. The van der Waals surface area contributed by atoms with E-state index >= 15 is 0 Å². The van der Waals surface area contributed by atoms with Crippen LogP contribution in [0.2, 0.25) is 0 Å². The van der Waals surface area contributed by atoms with Gasteiger partial charge in [-0.3, -0.25) is 0 Å². The number of hydrogen-bond donors (Lipinski definition) is 0. The Morgan fingerprint density at radius 3 is 1.67 bits per heavy atom. The number of hydrogen-bond acceptors (Lipinski definition) is 5. The Morgan fingerprint density at radius 1 is 1.00 bits per heavy atom. The summed E-state index contributed by atoms with van der Waals surface area (Å²) in [7, 11) is 0. The van der Waals surface area contributed by atoms with Crippen LogP contribution in [-0.4, -0.2) is 52.0 Å². The Balaban J connectivity index is -0.000000317. The Kier molecular flexibility index (Phi) is 18.7. The van der Waals surface area contributed by atoms with Gasteiger partial charge >= 0.3 is 23.1 Å². The van der Waals surface area contributed by atoms with Gasteiger partial charge in [0.1, 0.15) is 11.5 Å². The van der Waals surface area contributed by atoms with Crippen molar-refractivity contribution in [3.05, 3.63) is 35.4 Å². The van der Waals surface area contributed by atoms with E-state index in [0.29, 0.717) is 0 Å². The van der Waals surface area contributed by atoms with Crippen molar-refractivity contribution < 1.29 is 25.3 Å². The summed E-state index contributed by atoms with van der Waals surface area (Å²) in [6, 6.07) is 4.81. The Hall–Kier alpha value is -0.764. The van der Waals surface area contributed by atoms with E-state index in [2.05, 4.69) is 13.8 Å². The molecule has 7 heteroatoms. The Morgan fingerprint density at radius 2 is 1.38 bits per heavy atom. The van der Waals surface area contributed by atoms with Crippen molar-refractivity contribution in [2.75, 3.05) is 11.5 Å². The first-order valence-electron chi connectivity index (χ1n) is 6.18. The normalized spacial score (nSPS) is 8.48. The minimum absolute atomic E-state index is 0. The van der Waals surface area contributed by atoms with Crippen molar-refractivity contribution in [3.8, 4) is 0 Å². The third kappa shape index (κ3) is 12.7. The molecule has 1 aromatic rings. The molecule has 0 unspecified atom stereocenters. The standard InChI is InChI=1S/C8H6O4.C6H14S.Mg.H2O/c9-7(10)5-2-1-3-6(4-5)8(11)12;1-3-5-7-6-4-2;;/h1-4H,(H,9,10)(H,11,12);3-6H2,1-2H3;;1H2/q;;+2;/p-2. The molecule has 1 aromatic carbocycles. The molecule has 1 rings (SSSR count). The maximum Gasteiger partial charge on any atom is 2.00 e. The molecule has 0 aliphatic carbocycles. The van der Waals surface area contributed by atoms with Gasteiger partial charge in [0.25, 0.3) is 0 Å². The van der Waals surface area contributed by atoms with Crippen LogP contribution in [0.1, 0.15) is 47.4 Å². The minimum Gasteiger partial charge on any atom is -0.870 e. The van der Waals surface area contributed by atoms with Crippen LogP contribution < -0.4 is 10.2 Å². The van der Waals surface area contributed by atoms with Gasteiger partial charge in [-0.25, -0.2) is 0 Å². The van der Waals surface area contributed by atoms with Gasteiger partial charge in [0, 0.05) is 0 Å². The van der Waals surface area contributed by atoms with Gasteiger partial charge in [0.05, 0.1) is 11.9 Å². The first kappa shape index (κ1) is 25.2. The number of benzene rings is 1. The molecule has 114 valence electrons. The Labute approximate surface area is 145 Å². The number of thiol groups is 1. The second-order valence-corrected chi connectivity index (χ2v) is 5.17. The molecule has 0 aliphatic heterocycles. The van der Waals surface area contributed by atoms with Crippen LogP contribution in [0.15, 0.2) is 24.3 Å². The van der Waals surface area contributed by atoms with Crippen molar-refractivity contribution in [2.24, 2.45) is 0 Å². The second kappa shape index (κ2) is 15.6. The number of carbonyl (C=O) groups excluding carboxylic acids is 2. The number of rotatable bonds is 6. The number of aromatic carboxylic acids is 2. The SMILES string of the molecule is CCC[SH+]CCC.O=C([O-])c1cccc(C(=O)[O-])c1.[Mg+2].[OH-]. The molecule has 0 saturated heterocycles. The molecule has 5 nitrogen and oxygen atoms in total. The van der Waals surface area contributed by atoms with Crippen LogP contribution in [0.4, 0.5) is 0 Å². The van der Waals surface area contributed by atoms with E-state index in [4.69, 9.17) is 0 Å². The first-order chi connectivity index (χ1) is 9.02. The molecule has 0 bridgehead atoms. The fourth-order valence-corrected chi connectivity index (χ4v) is 2.06. The van der Waals surface area contributed by atoms with Crippen molar-refractivity contribution >= 4 is 46.8 Å². The summed E-state index contributed by atoms with van der Waals surface area (Å²) in [5.74, 6) is -0.0157. The summed E-state index contributed by atoms with van der Waals surface area (Å²) in [5.41, 5.74) is -0.339. The van der Waals surface area contributed by atoms with Crippen molar-refractivity contribution in [3.63, 3.8) is 0 Å². The summed E-state index contributed by atoms with van der Waals surface area (Å²) in [5, 5.41) is 20.5. The van der Waals surface area contributed by atoms with E-state index in [0.717, 1.165) is 6.07 Å². The van der Waals surface area contributed by atoms with Crippen LogP contribution in [0.5, 0.6) is 0 Å². The number of carboxylic acids is 2. The van der Waals surface area contributed by atoms with E-state index in [-0.39, 0.29) is 39.7 Å². The van der Waals surface area contributed by atoms with Gasteiger partial charge in [-0.1, -0.05) is 32.0 Å². The molecule has 0 fully saturated rings. The van der Waals surface area contributed by atoms with E-state index in [1.807, 2.05) is 0 Å². The first-order valence-corrected chi connectivity index (χ1v) is 7.45. The summed E-state index contributed by atoms with van der Waals surface area (Å²) in [6.07, 6.45) is 2.70. The van der Waals surface area contributed by atoms with E-state index in [1.54, 1.807) is 11.8 Å². The average Bonchev–Trinajstić information content (AvgIpc) is 2.40. The summed E-state index contributed by atoms with van der Waals surface area (Å²) in [4.78, 5) is 20.5. The number of carboxylic acid groups (broad SMARTS) is 2. The monoisotopic (exact) mass is 324 g/mol. The minimum atomic E-state index is -1.40. The topological polar surface area (TPSA) is 110 Å². The predicted octanol–water partition coefficient (Wildman–Crippen LogP) is -0.523. The molecule has 0 aromatic heterocycles. The fourth-order valence-electron chi connectivity index (χ4n) is 1.20. The van der Waals surface area contributed by atoms with Crippen LogP contribution in [-0.2, 0) is 11.8 Å². The third-order valence-corrected chi connectivity index (χ3v) is 3.62. The van der Waals surface area contributed by atoms with Crippen molar-refractivity contribution in [2.45, 2.75) is 26.7 Å². The van der Waals surface area contributed by atoms with Crippen molar-refractivity contribution in [1.82, 2.24) is 0 Å². The third-order valence-electron chi connectivity index (χ3n) is 2.10. The zero-order valence-corrected chi connectivity index (χ0v) is 14.7. The quantitative estimate of drug-likeness (QED) is 0.302. The largest absolute Gasteiger partial charge is 2.00 e. The predicted molar refractivity (Wildman–Crippen MR) is 81.9 cm³/mol. The fraction of sp³-hybridized carbons (Fsp3) is 0.429.